The maximum Gasteiger partial charge on any atom is 0.309 e. The quantitative estimate of drug-likeness (QED) is 0.191. The van der Waals surface area contributed by atoms with Crippen molar-refractivity contribution in [3.05, 3.63) is 11.6 Å². The molecule has 0 aromatic heterocycles. The molecule has 0 aliphatic heterocycles. The molecule has 0 amide bonds. The van der Waals surface area contributed by atoms with E-state index in [1.807, 2.05) is 6.92 Å². The second-order valence-corrected chi connectivity index (χ2v) is 8.56. The minimum atomic E-state index is -1.73. The highest BCUT2D eigenvalue weighted by Crippen LogP contribution is 2.19. The highest BCUT2D eigenvalue weighted by atomic mass is 16.5. The Labute approximate surface area is 175 Å². The van der Waals surface area contributed by atoms with E-state index in [0.717, 1.165) is 24.3 Å². The van der Waals surface area contributed by atoms with Gasteiger partial charge in [-0.15, -0.1) is 0 Å². The first-order chi connectivity index (χ1) is 13.6. The van der Waals surface area contributed by atoms with Gasteiger partial charge in [-0.05, 0) is 31.6 Å². The molecular weight excluding hydrogens is 376 g/mol. The molecule has 0 aromatic rings. The number of carbonyl (C=O) groups excluding carboxylic acids is 1. The minimum absolute atomic E-state index is 0.0699. The normalized spacial score (nSPS) is 17.7. The van der Waals surface area contributed by atoms with Crippen LogP contribution in [0.15, 0.2) is 11.6 Å². The molecule has 0 saturated heterocycles. The summed E-state index contributed by atoms with van der Waals surface area (Å²) in [7, 11) is 0. The molecule has 7 nitrogen and oxygen atoms in total. The van der Waals surface area contributed by atoms with Crippen LogP contribution >= 0.6 is 0 Å². The zero-order valence-corrected chi connectivity index (χ0v) is 18.5. The van der Waals surface area contributed by atoms with Gasteiger partial charge >= 0.3 is 5.97 Å². The van der Waals surface area contributed by atoms with Crippen LogP contribution in [0, 0.1) is 11.8 Å². The summed E-state index contributed by atoms with van der Waals surface area (Å²) in [6.45, 7) is 7.49. The predicted octanol–water partition coefficient (Wildman–Crippen LogP) is 1.93. The van der Waals surface area contributed by atoms with Crippen LogP contribution in [-0.2, 0) is 9.53 Å². The second kappa shape index (κ2) is 15.8. The Morgan fingerprint density at radius 1 is 0.931 bits per heavy atom. The van der Waals surface area contributed by atoms with Crippen molar-refractivity contribution in [3.8, 4) is 0 Å². The standard InChI is InChI=1S/C22H42O7/c1-15(2)7-5-8-16(3)9-6-10-17(4)11-12-20(26)29-14-19(25)22(28)21(27)18(24)13-23/h11,15-16,18-19,21-25,27-28H,5-10,12-14H2,1-4H3/b17-11+/t16?,18-,19+,21-,22-/m0/s1. The van der Waals surface area contributed by atoms with E-state index in [1.54, 1.807) is 6.08 Å². The van der Waals surface area contributed by atoms with Crippen molar-refractivity contribution in [2.24, 2.45) is 11.8 Å². The molecule has 1 unspecified atom stereocenters. The van der Waals surface area contributed by atoms with Crippen molar-refractivity contribution in [3.63, 3.8) is 0 Å². The van der Waals surface area contributed by atoms with Gasteiger partial charge in [-0.3, -0.25) is 4.79 Å². The molecule has 0 saturated carbocycles. The van der Waals surface area contributed by atoms with Crippen LogP contribution < -0.4 is 0 Å². The minimum Gasteiger partial charge on any atom is -0.463 e. The molecule has 172 valence electrons. The molecule has 0 heterocycles. The van der Waals surface area contributed by atoms with E-state index in [9.17, 15) is 25.2 Å². The van der Waals surface area contributed by atoms with Crippen molar-refractivity contribution in [1.29, 1.82) is 0 Å². The fourth-order valence-electron chi connectivity index (χ4n) is 3.01. The lowest BCUT2D eigenvalue weighted by Gasteiger charge is -2.25. The van der Waals surface area contributed by atoms with Gasteiger partial charge < -0.3 is 30.3 Å². The first-order valence-corrected chi connectivity index (χ1v) is 10.7. The van der Waals surface area contributed by atoms with E-state index in [2.05, 4.69) is 20.8 Å². The molecule has 7 heteroatoms. The highest BCUT2D eigenvalue weighted by molar-refractivity contribution is 5.71. The van der Waals surface area contributed by atoms with Crippen LogP contribution in [0.2, 0.25) is 0 Å². The Hall–Kier alpha value is -0.990. The fourth-order valence-corrected chi connectivity index (χ4v) is 3.01. The van der Waals surface area contributed by atoms with Crippen LogP contribution in [0.25, 0.3) is 0 Å². The molecule has 0 fully saturated rings. The van der Waals surface area contributed by atoms with Gasteiger partial charge in [0.05, 0.1) is 13.0 Å². The van der Waals surface area contributed by atoms with Crippen LogP contribution in [0.5, 0.6) is 0 Å². The summed E-state index contributed by atoms with van der Waals surface area (Å²) >= 11 is 0. The molecule has 0 aliphatic rings. The zero-order valence-electron chi connectivity index (χ0n) is 18.5. The van der Waals surface area contributed by atoms with Crippen molar-refractivity contribution in [2.75, 3.05) is 13.2 Å². The Bertz CT molecular complexity index is 464. The molecular formula is C22H42O7. The maximum atomic E-state index is 11.8. The third-order valence-electron chi connectivity index (χ3n) is 5.10. The molecule has 0 rings (SSSR count). The number of rotatable bonds is 16. The topological polar surface area (TPSA) is 127 Å². The van der Waals surface area contributed by atoms with E-state index in [1.165, 1.54) is 25.7 Å². The SMILES string of the molecule is C/C(=C\CC(=O)OC[C@@H](O)[C@H](O)[C@@H](O)[C@@H](O)CO)CCCC(C)CCCC(C)C. The van der Waals surface area contributed by atoms with Crippen LogP contribution in [-0.4, -0.2) is 69.1 Å². The number of aliphatic hydroxyl groups is 5. The number of hydrogen-bond acceptors (Lipinski definition) is 7. The summed E-state index contributed by atoms with van der Waals surface area (Å²) < 4.78 is 4.90. The van der Waals surface area contributed by atoms with Crippen LogP contribution in [0.1, 0.15) is 72.6 Å². The van der Waals surface area contributed by atoms with E-state index in [-0.39, 0.29) is 6.42 Å². The van der Waals surface area contributed by atoms with E-state index < -0.39 is 43.6 Å². The third kappa shape index (κ3) is 13.8. The number of aliphatic hydroxyl groups excluding tert-OH is 5. The monoisotopic (exact) mass is 418 g/mol. The Morgan fingerprint density at radius 3 is 2.10 bits per heavy atom. The lowest BCUT2D eigenvalue weighted by atomic mass is 9.94. The maximum absolute atomic E-state index is 11.8. The van der Waals surface area contributed by atoms with Crippen LogP contribution in [0.3, 0.4) is 0 Å². The van der Waals surface area contributed by atoms with Gasteiger partial charge in [-0.1, -0.05) is 58.1 Å². The Kier molecular flexibility index (Phi) is 15.3. The molecule has 5 N–H and O–H groups in total. The van der Waals surface area contributed by atoms with E-state index in [0.29, 0.717) is 5.92 Å². The van der Waals surface area contributed by atoms with E-state index in [4.69, 9.17) is 9.84 Å². The number of carbonyl (C=O) groups is 1. The zero-order chi connectivity index (χ0) is 22.4. The summed E-state index contributed by atoms with van der Waals surface area (Å²) in [5, 5.41) is 46.9. The van der Waals surface area contributed by atoms with Gasteiger partial charge in [0, 0.05) is 0 Å². The van der Waals surface area contributed by atoms with Crippen molar-refractivity contribution in [2.45, 2.75) is 97.1 Å². The van der Waals surface area contributed by atoms with Gasteiger partial charge in [0.15, 0.2) is 0 Å². The molecule has 0 spiro atoms. The van der Waals surface area contributed by atoms with Gasteiger partial charge in [-0.2, -0.15) is 0 Å². The third-order valence-corrected chi connectivity index (χ3v) is 5.10. The molecule has 29 heavy (non-hydrogen) atoms. The molecule has 0 aliphatic carbocycles. The first-order valence-electron chi connectivity index (χ1n) is 10.7. The number of allylic oxidation sites excluding steroid dienone is 1. The van der Waals surface area contributed by atoms with Gasteiger partial charge in [0.1, 0.15) is 31.0 Å². The molecule has 0 bridgehead atoms. The molecule has 5 atom stereocenters. The predicted molar refractivity (Wildman–Crippen MR) is 112 cm³/mol. The first kappa shape index (κ1) is 28.0. The summed E-state index contributed by atoms with van der Waals surface area (Å²) in [6, 6.07) is 0. The number of ether oxygens (including phenoxy) is 1. The van der Waals surface area contributed by atoms with Gasteiger partial charge in [0.2, 0.25) is 0 Å². The summed E-state index contributed by atoms with van der Waals surface area (Å²) in [6.07, 6.45) is 2.24. The summed E-state index contributed by atoms with van der Waals surface area (Å²) in [5.41, 5.74) is 1.11. The lowest BCUT2D eigenvalue weighted by Crippen LogP contribution is -2.47. The van der Waals surface area contributed by atoms with E-state index >= 15 is 0 Å². The van der Waals surface area contributed by atoms with Gasteiger partial charge in [0.25, 0.3) is 0 Å². The largest absolute Gasteiger partial charge is 0.463 e. The lowest BCUT2D eigenvalue weighted by molar-refractivity contribution is -0.155. The Morgan fingerprint density at radius 2 is 1.52 bits per heavy atom. The summed E-state index contributed by atoms with van der Waals surface area (Å²) in [5.74, 6) is 0.919. The van der Waals surface area contributed by atoms with Crippen molar-refractivity contribution < 1.29 is 35.1 Å². The average molecular weight is 419 g/mol. The number of hydrogen-bond donors (Lipinski definition) is 5. The highest BCUT2D eigenvalue weighted by Gasteiger charge is 2.30. The van der Waals surface area contributed by atoms with Crippen LogP contribution in [0.4, 0.5) is 0 Å². The second-order valence-electron chi connectivity index (χ2n) is 8.56. The Balaban J connectivity index is 4.05. The molecule has 0 radical (unpaired) electrons. The van der Waals surface area contributed by atoms with Crippen molar-refractivity contribution >= 4 is 5.97 Å². The smallest absolute Gasteiger partial charge is 0.309 e. The fraction of sp³-hybridized carbons (Fsp3) is 0.864. The molecule has 0 aromatic carbocycles. The van der Waals surface area contributed by atoms with Crippen molar-refractivity contribution in [1.82, 2.24) is 0 Å². The summed E-state index contributed by atoms with van der Waals surface area (Å²) in [4.78, 5) is 11.8. The average Bonchev–Trinajstić information content (AvgIpc) is 2.68. The van der Waals surface area contributed by atoms with Gasteiger partial charge in [-0.25, -0.2) is 0 Å². The number of esters is 1.